The van der Waals surface area contributed by atoms with Crippen LogP contribution in [0.5, 0.6) is 0 Å². The van der Waals surface area contributed by atoms with Gasteiger partial charge in [0.2, 0.25) is 0 Å². The van der Waals surface area contributed by atoms with Gasteiger partial charge in [-0.1, -0.05) is 11.6 Å². The Labute approximate surface area is 106 Å². The van der Waals surface area contributed by atoms with Crippen LogP contribution in [-0.4, -0.2) is 34.8 Å². The molecular formula is C12H18ClN3O. The highest BCUT2D eigenvalue weighted by molar-refractivity contribution is 6.31. The summed E-state index contributed by atoms with van der Waals surface area (Å²) in [7, 11) is 3.75. The maximum absolute atomic E-state index is 11.7. The average Bonchev–Trinajstić information content (AvgIpc) is 2.30. The summed E-state index contributed by atoms with van der Waals surface area (Å²) < 4.78 is 1.28. The summed E-state index contributed by atoms with van der Waals surface area (Å²) >= 11 is 6.07. The molecule has 1 aromatic heterocycles. The molecule has 5 heteroatoms. The van der Waals surface area contributed by atoms with Crippen molar-refractivity contribution in [2.75, 3.05) is 20.1 Å². The largest absolute Gasteiger partial charge is 0.306 e. The van der Waals surface area contributed by atoms with Crippen LogP contribution in [-0.2, 0) is 13.5 Å². The van der Waals surface area contributed by atoms with Crippen LogP contribution in [0.15, 0.2) is 11.0 Å². The summed E-state index contributed by atoms with van der Waals surface area (Å²) in [5.74, 6) is 0.583. The molecular weight excluding hydrogens is 238 g/mol. The Balaban J connectivity index is 2.13. The van der Waals surface area contributed by atoms with Crippen LogP contribution in [0.4, 0.5) is 0 Å². The van der Waals surface area contributed by atoms with E-state index in [0.717, 1.165) is 18.5 Å². The maximum atomic E-state index is 11.7. The minimum absolute atomic E-state index is 0.201. The zero-order chi connectivity index (χ0) is 12.4. The lowest BCUT2D eigenvalue weighted by Crippen LogP contribution is -2.33. The fourth-order valence-corrected chi connectivity index (χ4v) is 2.69. The number of piperidine rings is 1. The second-order valence-corrected chi connectivity index (χ2v) is 5.27. The van der Waals surface area contributed by atoms with E-state index in [4.69, 9.17) is 11.6 Å². The van der Waals surface area contributed by atoms with E-state index < -0.39 is 0 Å². The van der Waals surface area contributed by atoms with Crippen molar-refractivity contribution in [2.45, 2.75) is 19.3 Å². The number of aromatic nitrogens is 2. The predicted octanol–water partition coefficient (Wildman–Crippen LogP) is 1.32. The van der Waals surface area contributed by atoms with Gasteiger partial charge in [0.1, 0.15) is 5.02 Å². The molecule has 4 nitrogen and oxygen atoms in total. The van der Waals surface area contributed by atoms with E-state index in [1.165, 1.54) is 24.1 Å². The van der Waals surface area contributed by atoms with E-state index in [-0.39, 0.29) is 5.56 Å². The van der Waals surface area contributed by atoms with Crippen molar-refractivity contribution in [1.29, 1.82) is 0 Å². The molecule has 1 aliphatic rings. The van der Waals surface area contributed by atoms with Crippen molar-refractivity contribution in [3.05, 3.63) is 27.1 Å². The van der Waals surface area contributed by atoms with Gasteiger partial charge >= 0.3 is 0 Å². The Kier molecular flexibility index (Phi) is 3.84. The van der Waals surface area contributed by atoms with Gasteiger partial charge in [-0.05, 0) is 44.3 Å². The maximum Gasteiger partial charge on any atom is 0.285 e. The lowest BCUT2D eigenvalue weighted by molar-refractivity contribution is 0.209. The fraction of sp³-hybridized carbons (Fsp3) is 0.667. The average molecular weight is 256 g/mol. The van der Waals surface area contributed by atoms with Gasteiger partial charge in [-0.25, -0.2) is 4.68 Å². The second-order valence-electron chi connectivity index (χ2n) is 4.89. The molecule has 0 amide bonds. The van der Waals surface area contributed by atoms with Crippen LogP contribution in [0.3, 0.4) is 0 Å². The first-order valence-corrected chi connectivity index (χ1v) is 6.35. The third kappa shape index (κ3) is 2.87. The number of halogens is 1. The molecule has 17 heavy (non-hydrogen) atoms. The first-order valence-electron chi connectivity index (χ1n) is 5.97. The van der Waals surface area contributed by atoms with Crippen molar-refractivity contribution in [1.82, 2.24) is 14.7 Å². The topological polar surface area (TPSA) is 38.1 Å². The van der Waals surface area contributed by atoms with E-state index in [0.29, 0.717) is 10.9 Å². The summed E-state index contributed by atoms with van der Waals surface area (Å²) in [6.07, 6.45) is 5.00. The van der Waals surface area contributed by atoms with Crippen LogP contribution >= 0.6 is 11.6 Å². The molecule has 0 radical (unpaired) electrons. The van der Waals surface area contributed by atoms with Crippen molar-refractivity contribution >= 4 is 11.6 Å². The number of nitrogens with zero attached hydrogens (tertiary/aromatic N) is 3. The highest BCUT2D eigenvalue weighted by Crippen LogP contribution is 2.21. The van der Waals surface area contributed by atoms with Crippen LogP contribution in [0.25, 0.3) is 0 Å². The number of hydrogen-bond acceptors (Lipinski definition) is 3. The molecule has 0 saturated carbocycles. The Morgan fingerprint density at radius 2 is 2.29 bits per heavy atom. The van der Waals surface area contributed by atoms with Gasteiger partial charge in [-0.3, -0.25) is 4.79 Å². The van der Waals surface area contributed by atoms with E-state index in [2.05, 4.69) is 17.0 Å². The Morgan fingerprint density at radius 3 is 3.00 bits per heavy atom. The van der Waals surface area contributed by atoms with Gasteiger partial charge in [0.25, 0.3) is 5.56 Å². The van der Waals surface area contributed by atoms with E-state index >= 15 is 0 Å². The zero-order valence-corrected chi connectivity index (χ0v) is 11.1. The summed E-state index contributed by atoms with van der Waals surface area (Å²) in [6, 6.07) is 0. The number of aryl methyl sites for hydroxylation is 1. The van der Waals surface area contributed by atoms with Crippen LogP contribution < -0.4 is 5.56 Å². The van der Waals surface area contributed by atoms with Crippen molar-refractivity contribution in [3.63, 3.8) is 0 Å². The first-order chi connectivity index (χ1) is 8.08. The molecule has 1 atom stereocenters. The predicted molar refractivity (Wildman–Crippen MR) is 68.4 cm³/mol. The van der Waals surface area contributed by atoms with Gasteiger partial charge in [0.15, 0.2) is 0 Å². The van der Waals surface area contributed by atoms with E-state index in [1.54, 1.807) is 13.2 Å². The number of likely N-dealkylation sites (tertiary alicyclic amines) is 1. The molecule has 1 aromatic rings. The molecule has 0 unspecified atom stereocenters. The second kappa shape index (κ2) is 5.19. The Bertz CT molecular complexity index is 458. The van der Waals surface area contributed by atoms with Gasteiger partial charge in [-0.2, -0.15) is 5.10 Å². The summed E-state index contributed by atoms with van der Waals surface area (Å²) in [4.78, 5) is 14.0. The third-order valence-electron chi connectivity index (χ3n) is 3.38. The summed E-state index contributed by atoms with van der Waals surface area (Å²) in [6.45, 7) is 2.24. The first kappa shape index (κ1) is 12.6. The molecule has 0 N–H and O–H groups in total. The Hall–Kier alpha value is -0.870. The van der Waals surface area contributed by atoms with Crippen LogP contribution in [0.2, 0.25) is 5.02 Å². The lowest BCUT2D eigenvalue weighted by Gasteiger charge is -2.29. The van der Waals surface area contributed by atoms with Crippen molar-refractivity contribution in [3.8, 4) is 0 Å². The molecule has 94 valence electrons. The molecule has 0 aromatic carbocycles. The third-order valence-corrected chi connectivity index (χ3v) is 3.79. The minimum Gasteiger partial charge on any atom is -0.306 e. The quantitative estimate of drug-likeness (QED) is 0.800. The van der Waals surface area contributed by atoms with Gasteiger partial charge < -0.3 is 4.90 Å². The van der Waals surface area contributed by atoms with E-state index in [1.807, 2.05) is 0 Å². The van der Waals surface area contributed by atoms with Crippen molar-refractivity contribution in [2.24, 2.45) is 13.0 Å². The van der Waals surface area contributed by atoms with Crippen LogP contribution in [0, 0.1) is 5.92 Å². The molecule has 0 bridgehead atoms. The van der Waals surface area contributed by atoms with E-state index in [9.17, 15) is 4.79 Å². The van der Waals surface area contributed by atoms with Crippen molar-refractivity contribution < 1.29 is 0 Å². The Morgan fingerprint density at radius 1 is 1.53 bits per heavy atom. The highest BCUT2D eigenvalue weighted by Gasteiger charge is 2.19. The summed E-state index contributed by atoms with van der Waals surface area (Å²) in [5, 5.41) is 4.36. The SMILES string of the molecule is CN1CCC[C@H](Cc2cnn(C)c(=O)c2Cl)C1. The molecule has 2 heterocycles. The molecule has 1 aliphatic heterocycles. The van der Waals surface area contributed by atoms with Gasteiger partial charge in [0.05, 0.1) is 6.20 Å². The minimum atomic E-state index is -0.201. The number of hydrogen-bond donors (Lipinski definition) is 0. The van der Waals surface area contributed by atoms with Crippen LogP contribution in [0.1, 0.15) is 18.4 Å². The molecule has 1 saturated heterocycles. The zero-order valence-electron chi connectivity index (χ0n) is 10.3. The molecule has 2 rings (SSSR count). The highest BCUT2D eigenvalue weighted by atomic mass is 35.5. The van der Waals surface area contributed by atoms with Gasteiger partial charge in [0, 0.05) is 13.6 Å². The van der Waals surface area contributed by atoms with Gasteiger partial charge in [-0.15, -0.1) is 0 Å². The lowest BCUT2D eigenvalue weighted by atomic mass is 9.92. The molecule has 0 spiro atoms. The smallest absolute Gasteiger partial charge is 0.285 e. The summed E-state index contributed by atoms with van der Waals surface area (Å²) in [5.41, 5.74) is 0.684. The number of rotatable bonds is 2. The molecule has 1 fully saturated rings. The standard InChI is InChI=1S/C12H18ClN3O/c1-15-5-3-4-9(8-15)6-10-7-14-16(2)12(17)11(10)13/h7,9H,3-6,8H2,1-2H3/t9-/m1/s1. The molecule has 0 aliphatic carbocycles. The normalized spacial score (nSPS) is 21.7. The monoisotopic (exact) mass is 255 g/mol. The fourth-order valence-electron chi connectivity index (χ4n) is 2.44.